The molecule has 0 bridgehead atoms. The van der Waals surface area contributed by atoms with Crippen molar-refractivity contribution < 1.29 is 17.8 Å². The van der Waals surface area contributed by atoms with Crippen molar-refractivity contribution in [2.75, 3.05) is 4.72 Å². The van der Waals surface area contributed by atoms with Gasteiger partial charge in [0.05, 0.1) is 15.5 Å². The number of nitro benzene ring substituents is 1. The molecule has 0 saturated heterocycles. The van der Waals surface area contributed by atoms with Crippen molar-refractivity contribution in [2.24, 2.45) is 5.92 Å². The fraction of sp³-hybridized carbons (Fsp3) is 0.217. The molecule has 1 atom stereocenters. The zero-order valence-corrected chi connectivity index (χ0v) is 18.7. The maximum Gasteiger partial charge on any atom is 0.289 e. The van der Waals surface area contributed by atoms with Gasteiger partial charge < -0.3 is 4.42 Å². The minimum atomic E-state index is -4.10. The SMILES string of the molecule is C[C@@H]1CCc2c(oc3c2cc(NS(=O)(=O)c2ccc(Cl)c([N+](=O)[O-])c2)c2ccccc23)C1. The lowest BCUT2D eigenvalue weighted by Gasteiger charge is -2.16. The van der Waals surface area contributed by atoms with E-state index in [-0.39, 0.29) is 9.92 Å². The number of fused-ring (bicyclic) bond motifs is 5. The van der Waals surface area contributed by atoms with Crippen molar-refractivity contribution in [3.8, 4) is 0 Å². The molecule has 1 aliphatic carbocycles. The second kappa shape index (κ2) is 7.50. The molecule has 0 spiro atoms. The van der Waals surface area contributed by atoms with E-state index in [1.54, 1.807) is 6.07 Å². The lowest BCUT2D eigenvalue weighted by molar-refractivity contribution is -0.384. The number of sulfonamides is 1. The number of furan rings is 1. The van der Waals surface area contributed by atoms with E-state index < -0.39 is 20.6 Å². The predicted molar refractivity (Wildman–Crippen MR) is 124 cm³/mol. The first-order chi connectivity index (χ1) is 15.2. The van der Waals surface area contributed by atoms with Gasteiger partial charge in [0.2, 0.25) is 0 Å². The maximum atomic E-state index is 13.1. The third kappa shape index (κ3) is 3.40. The summed E-state index contributed by atoms with van der Waals surface area (Å²) in [5.41, 5.74) is 1.80. The van der Waals surface area contributed by atoms with E-state index in [9.17, 15) is 18.5 Å². The van der Waals surface area contributed by atoms with Crippen LogP contribution in [0.1, 0.15) is 24.7 Å². The highest BCUT2D eigenvalue weighted by molar-refractivity contribution is 7.92. The summed E-state index contributed by atoms with van der Waals surface area (Å²) in [7, 11) is -4.10. The second-order valence-electron chi connectivity index (χ2n) is 8.17. The van der Waals surface area contributed by atoms with Gasteiger partial charge in [-0.05, 0) is 37.0 Å². The Morgan fingerprint density at radius 1 is 1.12 bits per heavy atom. The standard InChI is InChI=1S/C23H19ClN2O5S/c1-13-6-8-16-18-12-20(15-4-2-3-5-17(15)23(18)31-22(16)10-13)25-32(29,30)14-7-9-19(24)21(11-14)26(27)28/h2-5,7,9,11-13,25H,6,8,10H2,1H3/t13-/m1/s1. The molecule has 0 unspecified atom stereocenters. The van der Waals surface area contributed by atoms with Crippen LogP contribution >= 0.6 is 11.6 Å². The Morgan fingerprint density at radius 2 is 1.88 bits per heavy atom. The molecule has 9 heteroatoms. The normalized spacial score (nSPS) is 16.2. The lowest BCUT2D eigenvalue weighted by atomic mass is 9.88. The summed E-state index contributed by atoms with van der Waals surface area (Å²) in [5, 5.41) is 13.5. The summed E-state index contributed by atoms with van der Waals surface area (Å²) in [6.45, 7) is 2.19. The minimum Gasteiger partial charge on any atom is -0.460 e. The van der Waals surface area contributed by atoms with Crippen LogP contribution in [0.25, 0.3) is 21.7 Å². The van der Waals surface area contributed by atoms with Crippen molar-refractivity contribution in [3.63, 3.8) is 0 Å². The molecule has 4 aromatic rings. The number of anilines is 1. The van der Waals surface area contributed by atoms with Gasteiger partial charge in [-0.1, -0.05) is 42.8 Å². The number of hydrogen-bond donors (Lipinski definition) is 1. The second-order valence-corrected chi connectivity index (χ2v) is 10.3. The highest BCUT2D eigenvalue weighted by Crippen LogP contribution is 2.41. The van der Waals surface area contributed by atoms with E-state index >= 15 is 0 Å². The molecule has 32 heavy (non-hydrogen) atoms. The van der Waals surface area contributed by atoms with Gasteiger partial charge in [-0.25, -0.2) is 8.42 Å². The van der Waals surface area contributed by atoms with Crippen LogP contribution < -0.4 is 4.72 Å². The van der Waals surface area contributed by atoms with Crippen LogP contribution in [-0.4, -0.2) is 13.3 Å². The van der Waals surface area contributed by atoms with Crippen LogP contribution in [0.15, 0.2) is 57.8 Å². The molecule has 5 rings (SSSR count). The molecule has 3 aromatic carbocycles. The summed E-state index contributed by atoms with van der Waals surface area (Å²) in [5.74, 6) is 1.49. The summed E-state index contributed by atoms with van der Waals surface area (Å²) in [4.78, 5) is 10.3. The summed E-state index contributed by atoms with van der Waals surface area (Å²) >= 11 is 5.84. The third-order valence-electron chi connectivity index (χ3n) is 5.97. The molecular weight excluding hydrogens is 452 g/mol. The van der Waals surface area contributed by atoms with Gasteiger partial charge in [0.25, 0.3) is 15.7 Å². The van der Waals surface area contributed by atoms with E-state index in [1.807, 2.05) is 24.3 Å². The minimum absolute atomic E-state index is 0.125. The molecule has 1 N–H and O–H groups in total. The zero-order valence-electron chi connectivity index (χ0n) is 17.1. The quantitative estimate of drug-likeness (QED) is 0.288. The van der Waals surface area contributed by atoms with Gasteiger partial charge in [-0.3, -0.25) is 14.8 Å². The number of aryl methyl sites for hydroxylation is 1. The monoisotopic (exact) mass is 470 g/mol. The number of rotatable bonds is 4. The molecule has 7 nitrogen and oxygen atoms in total. The molecule has 1 aromatic heterocycles. The summed E-state index contributed by atoms with van der Waals surface area (Å²) < 4.78 is 35.1. The van der Waals surface area contributed by atoms with Crippen LogP contribution in [0, 0.1) is 16.0 Å². The Kier molecular flexibility index (Phi) is 4.87. The lowest BCUT2D eigenvalue weighted by Crippen LogP contribution is -2.13. The molecular formula is C23H19ClN2O5S. The predicted octanol–water partition coefficient (Wildman–Crippen LogP) is 6.07. The number of nitrogens with zero attached hydrogens (tertiary/aromatic N) is 1. The molecule has 0 amide bonds. The molecule has 0 saturated carbocycles. The van der Waals surface area contributed by atoms with Crippen molar-refractivity contribution >= 4 is 54.7 Å². The molecule has 0 aliphatic heterocycles. The average molecular weight is 471 g/mol. The fourth-order valence-corrected chi connectivity index (χ4v) is 5.63. The van der Waals surface area contributed by atoms with Gasteiger partial charge in [-0.15, -0.1) is 0 Å². The van der Waals surface area contributed by atoms with E-state index in [4.69, 9.17) is 16.0 Å². The number of halogens is 1. The van der Waals surface area contributed by atoms with Crippen molar-refractivity contribution in [2.45, 2.75) is 31.1 Å². The van der Waals surface area contributed by atoms with Crippen molar-refractivity contribution in [1.82, 2.24) is 0 Å². The number of nitro groups is 1. The number of hydrogen-bond acceptors (Lipinski definition) is 5. The van der Waals surface area contributed by atoms with Crippen molar-refractivity contribution in [1.29, 1.82) is 0 Å². The Bertz CT molecular complexity index is 1510. The van der Waals surface area contributed by atoms with Crippen LogP contribution in [0.2, 0.25) is 5.02 Å². The van der Waals surface area contributed by atoms with Gasteiger partial charge in [0.1, 0.15) is 16.4 Å². The van der Waals surface area contributed by atoms with Gasteiger partial charge in [0, 0.05) is 34.2 Å². The maximum absolute atomic E-state index is 13.1. The van der Waals surface area contributed by atoms with Crippen LogP contribution in [0.4, 0.5) is 11.4 Å². The van der Waals surface area contributed by atoms with Crippen molar-refractivity contribution in [3.05, 3.63) is 75.0 Å². The number of benzene rings is 3. The first-order valence-electron chi connectivity index (χ1n) is 10.2. The first-order valence-corrected chi connectivity index (χ1v) is 12.0. The Hall–Kier alpha value is -3.10. The van der Waals surface area contributed by atoms with Crippen LogP contribution in [0.5, 0.6) is 0 Å². The molecule has 0 fully saturated rings. The fourth-order valence-electron chi connectivity index (χ4n) is 4.35. The molecule has 1 aliphatic rings. The van der Waals surface area contributed by atoms with Gasteiger partial charge >= 0.3 is 0 Å². The van der Waals surface area contributed by atoms with E-state index in [0.717, 1.165) is 53.0 Å². The van der Waals surface area contributed by atoms with E-state index in [2.05, 4.69) is 11.6 Å². The average Bonchev–Trinajstić information content (AvgIpc) is 3.11. The molecule has 1 heterocycles. The summed E-state index contributed by atoms with van der Waals surface area (Å²) in [6, 6.07) is 12.7. The largest absolute Gasteiger partial charge is 0.460 e. The highest BCUT2D eigenvalue weighted by Gasteiger charge is 2.26. The van der Waals surface area contributed by atoms with Crippen LogP contribution in [-0.2, 0) is 22.9 Å². The molecule has 0 radical (unpaired) electrons. The van der Waals surface area contributed by atoms with E-state index in [1.165, 1.54) is 12.1 Å². The first kappa shape index (κ1) is 20.8. The zero-order chi connectivity index (χ0) is 22.6. The van der Waals surface area contributed by atoms with Gasteiger partial charge in [-0.2, -0.15) is 0 Å². The third-order valence-corrected chi connectivity index (χ3v) is 7.65. The van der Waals surface area contributed by atoms with E-state index in [0.29, 0.717) is 17.0 Å². The highest BCUT2D eigenvalue weighted by atomic mass is 35.5. The summed E-state index contributed by atoms with van der Waals surface area (Å²) in [6.07, 6.45) is 2.77. The topological polar surface area (TPSA) is 102 Å². The molecule has 164 valence electrons. The number of nitrogens with one attached hydrogen (secondary N) is 1. The van der Waals surface area contributed by atoms with Crippen LogP contribution in [0.3, 0.4) is 0 Å². The smallest absolute Gasteiger partial charge is 0.289 e. The Balaban J connectivity index is 1.67. The Morgan fingerprint density at radius 3 is 2.62 bits per heavy atom. The van der Waals surface area contributed by atoms with Gasteiger partial charge in [0.15, 0.2) is 0 Å². The Labute approximate surface area is 189 Å².